The lowest BCUT2D eigenvalue weighted by atomic mass is 10.0. The lowest BCUT2D eigenvalue weighted by Crippen LogP contribution is -2.14. The molecule has 6 aromatic heterocycles. The van der Waals surface area contributed by atoms with Crippen molar-refractivity contribution < 1.29 is 23.7 Å². The summed E-state index contributed by atoms with van der Waals surface area (Å²) in [5.41, 5.74) is 8.16. The van der Waals surface area contributed by atoms with Gasteiger partial charge in [0.25, 0.3) is 11.8 Å². The van der Waals surface area contributed by atoms with Gasteiger partial charge in [-0.2, -0.15) is 0 Å². The van der Waals surface area contributed by atoms with Crippen molar-refractivity contribution in [1.82, 2.24) is 29.9 Å². The van der Waals surface area contributed by atoms with Crippen molar-refractivity contribution in [3.8, 4) is 17.6 Å². The zero-order chi connectivity index (χ0) is 33.4. The van der Waals surface area contributed by atoms with Crippen LogP contribution < -0.4 is 14.2 Å². The Morgan fingerprint density at radius 2 is 0.630 bits per heavy atom. The molecule has 11 nitrogen and oxygen atoms in total. The molecule has 0 aliphatic heterocycles. The number of nitrogens with zero attached hydrogens (tertiary/aromatic N) is 6. The summed E-state index contributed by atoms with van der Waals surface area (Å²) in [7, 11) is 7.99. The lowest BCUT2D eigenvalue weighted by Gasteiger charge is -2.22. The van der Waals surface area contributed by atoms with E-state index in [0.29, 0.717) is 29.2 Å². The normalized spacial score (nSPS) is 11.8. The summed E-state index contributed by atoms with van der Waals surface area (Å²) in [5.74, 6) is 2.88. The maximum atomic E-state index is 5.27. The number of aryl methyl sites for hydroxylation is 7. The van der Waals surface area contributed by atoms with Crippen molar-refractivity contribution in [2.45, 2.75) is 48.5 Å². The van der Waals surface area contributed by atoms with Gasteiger partial charge in [-0.05, 0) is 48.5 Å². The highest BCUT2D eigenvalue weighted by atomic mass is 32.1. The zero-order valence-corrected chi connectivity index (χ0v) is 30.4. The van der Waals surface area contributed by atoms with Crippen LogP contribution in [0.3, 0.4) is 0 Å². The minimum absolute atomic E-state index is 0.436. The third kappa shape index (κ3) is 5.80. The Bertz CT molecular complexity index is 2030. The average molecular weight is 681 g/mol. The first-order chi connectivity index (χ1) is 22.0. The standard InChI is InChI=1S/C12H12N2O2S.C10H12N2O2S.C10H12N2OS/c1-5-7-8(6(2)17-5)14-10-9(13-7)11(15-3)12(10)16-4;1-5-7-8(6(2)15-5)12-10(14-4)9(11-7)13-3;1-5-10(13-4)12-9-7(3)14-6(2)8(9)11-5/h1-4H3;1-4H3;1-4H3. The Hall–Kier alpha value is -4.14. The molecule has 7 rings (SSSR count). The topological polar surface area (TPSA) is 123 Å². The number of aromatic nitrogens is 6. The van der Waals surface area contributed by atoms with Crippen LogP contribution in [0.5, 0.6) is 17.6 Å². The average Bonchev–Trinajstić information content (AvgIpc) is 3.59. The molecule has 0 amide bonds. The van der Waals surface area contributed by atoms with Crippen LogP contribution in [-0.4, -0.2) is 65.5 Å². The highest BCUT2D eigenvalue weighted by Gasteiger charge is 2.33. The fraction of sp³-hybridized carbons (Fsp3) is 0.375. The van der Waals surface area contributed by atoms with Gasteiger partial charge < -0.3 is 23.7 Å². The van der Waals surface area contributed by atoms with Crippen LogP contribution >= 0.6 is 34.0 Å². The fourth-order valence-electron chi connectivity index (χ4n) is 5.10. The Balaban J connectivity index is 0.000000137. The molecule has 6 heterocycles. The second kappa shape index (κ2) is 13.3. The molecule has 0 spiro atoms. The maximum Gasteiger partial charge on any atom is 0.278 e. The fourth-order valence-corrected chi connectivity index (χ4v) is 7.91. The van der Waals surface area contributed by atoms with Crippen LogP contribution in [0.25, 0.3) is 44.6 Å². The van der Waals surface area contributed by atoms with Gasteiger partial charge in [0.15, 0.2) is 11.5 Å². The van der Waals surface area contributed by atoms with Crippen molar-refractivity contribution >= 4 is 78.6 Å². The molecule has 46 heavy (non-hydrogen) atoms. The molecule has 1 aliphatic carbocycles. The third-order valence-corrected chi connectivity index (χ3v) is 10.3. The van der Waals surface area contributed by atoms with Gasteiger partial charge in [0.05, 0.1) is 35.5 Å². The van der Waals surface area contributed by atoms with Gasteiger partial charge in [0.1, 0.15) is 50.2 Å². The van der Waals surface area contributed by atoms with Gasteiger partial charge in [-0.1, -0.05) is 0 Å². The molecule has 0 N–H and O–H groups in total. The molecule has 6 aromatic rings. The van der Waals surface area contributed by atoms with Gasteiger partial charge in [0.2, 0.25) is 5.88 Å². The van der Waals surface area contributed by atoms with Crippen LogP contribution in [-0.2, 0) is 9.47 Å². The molecule has 0 unspecified atom stereocenters. The van der Waals surface area contributed by atoms with E-state index >= 15 is 0 Å². The first-order valence-corrected chi connectivity index (χ1v) is 16.7. The summed E-state index contributed by atoms with van der Waals surface area (Å²) in [5, 5.41) is 0. The van der Waals surface area contributed by atoms with Gasteiger partial charge >= 0.3 is 0 Å². The summed E-state index contributed by atoms with van der Waals surface area (Å²) in [6.45, 7) is 14.2. The molecular weight excluding hydrogens is 645 g/mol. The zero-order valence-electron chi connectivity index (χ0n) is 27.9. The molecule has 1 aliphatic rings. The van der Waals surface area contributed by atoms with Gasteiger partial charge in [-0.3, -0.25) is 0 Å². The highest BCUT2D eigenvalue weighted by Crippen LogP contribution is 2.41. The molecule has 0 aromatic carbocycles. The SMILES string of the molecule is COC1=C(OC)c2nc3c(C)sc(C)c3nc21.COc1nc2c(C)sc(C)c2nc1C.COc1nc2c(C)sc(C)c2nc1OC. The predicted octanol–water partition coefficient (Wildman–Crippen LogP) is 7.69. The molecule has 14 heteroatoms. The van der Waals surface area contributed by atoms with E-state index in [1.54, 1.807) is 69.6 Å². The molecule has 0 fully saturated rings. The summed E-state index contributed by atoms with van der Waals surface area (Å²) in [6, 6.07) is 0. The number of fused-ring (bicyclic) bond motifs is 4. The third-order valence-electron chi connectivity index (χ3n) is 7.30. The van der Waals surface area contributed by atoms with Crippen LogP contribution in [0.1, 0.15) is 46.3 Å². The van der Waals surface area contributed by atoms with E-state index in [9.17, 15) is 0 Å². The molecular formula is C32H36N6O5S3. The first kappa shape index (κ1) is 33.2. The minimum atomic E-state index is 0.436. The Morgan fingerprint density at radius 3 is 0.935 bits per heavy atom. The Morgan fingerprint density at radius 1 is 0.348 bits per heavy atom. The molecule has 0 saturated heterocycles. The van der Waals surface area contributed by atoms with Crippen LogP contribution in [0.4, 0.5) is 0 Å². The van der Waals surface area contributed by atoms with Gasteiger partial charge in [0, 0.05) is 29.3 Å². The summed E-state index contributed by atoms with van der Waals surface area (Å²) >= 11 is 5.13. The number of rotatable bonds is 5. The van der Waals surface area contributed by atoms with Gasteiger partial charge in [-0.15, -0.1) is 34.0 Å². The maximum absolute atomic E-state index is 5.27. The van der Waals surface area contributed by atoms with Crippen molar-refractivity contribution in [3.63, 3.8) is 0 Å². The van der Waals surface area contributed by atoms with E-state index in [4.69, 9.17) is 23.7 Å². The summed E-state index contributed by atoms with van der Waals surface area (Å²) < 4.78 is 25.9. The Kier molecular flexibility index (Phi) is 9.61. The van der Waals surface area contributed by atoms with E-state index in [1.165, 1.54) is 19.5 Å². The van der Waals surface area contributed by atoms with E-state index in [0.717, 1.165) is 59.9 Å². The molecule has 0 atom stereocenters. The molecule has 0 bridgehead atoms. The minimum Gasteiger partial charge on any atom is -0.491 e. The number of methoxy groups -OCH3 is 5. The van der Waals surface area contributed by atoms with E-state index in [1.807, 2.05) is 20.8 Å². The molecule has 0 saturated carbocycles. The lowest BCUT2D eigenvalue weighted by molar-refractivity contribution is 0.315. The van der Waals surface area contributed by atoms with E-state index in [2.05, 4.69) is 57.6 Å². The number of hydrogen-bond acceptors (Lipinski definition) is 14. The predicted molar refractivity (Wildman–Crippen MR) is 186 cm³/mol. The molecule has 0 radical (unpaired) electrons. The first-order valence-electron chi connectivity index (χ1n) is 14.2. The second-order valence-electron chi connectivity index (χ2n) is 10.3. The van der Waals surface area contributed by atoms with Gasteiger partial charge in [-0.25, -0.2) is 29.9 Å². The van der Waals surface area contributed by atoms with Crippen LogP contribution in [0.2, 0.25) is 0 Å². The van der Waals surface area contributed by atoms with Crippen molar-refractivity contribution in [2.24, 2.45) is 0 Å². The Labute approximate surface area is 279 Å². The smallest absolute Gasteiger partial charge is 0.278 e. The van der Waals surface area contributed by atoms with Crippen LogP contribution in [0.15, 0.2) is 0 Å². The van der Waals surface area contributed by atoms with E-state index in [-0.39, 0.29) is 0 Å². The number of ether oxygens (including phenoxy) is 5. The van der Waals surface area contributed by atoms with E-state index < -0.39 is 0 Å². The summed E-state index contributed by atoms with van der Waals surface area (Å²) in [4.78, 5) is 34.0. The van der Waals surface area contributed by atoms with Crippen molar-refractivity contribution in [3.05, 3.63) is 46.3 Å². The highest BCUT2D eigenvalue weighted by molar-refractivity contribution is 7.14. The largest absolute Gasteiger partial charge is 0.491 e. The molecule has 242 valence electrons. The van der Waals surface area contributed by atoms with Crippen molar-refractivity contribution in [2.75, 3.05) is 35.5 Å². The number of hydrogen-bond donors (Lipinski definition) is 0. The van der Waals surface area contributed by atoms with Crippen molar-refractivity contribution in [1.29, 1.82) is 0 Å². The number of thiophene rings is 3. The van der Waals surface area contributed by atoms with Crippen LogP contribution in [0, 0.1) is 48.5 Å². The quantitative estimate of drug-likeness (QED) is 0.178. The monoisotopic (exact) mass is 680 g/mol. The summed E-state index contributed by atoms with van der Waals surface area (Å²) in [6.07, 6.45) is 0. The second-order valence-corrected chi connectivity index (χ2v) is 14.6.